The Hall–Kier alpha value is -11.4. The van der Waals surface area contributed by atoms with Crippen molar-refractivity contribution in [1.82, 2.24) is 0 Å². The van der Waals surface area contributed by atoms with E-state index in [2.05, 4.69) is 77.4 Å². The molecule has 32 unspecified atom stereocenters. The van der Waals surface area contributed by atoms with E-state index in [-0.39, 0.29) is 25.7 Å². The lowest BCUT2D eigenvalue weighted by molar-refractivity contribution is -0.198. The molecule has 65 heteroatoms. The van der Waals surface area contributed by atoms with Crippen molar-refractivity contribution in [3.8, 4) is 6.07 Å². The number of aliphatic hydroxyl groups is 2. The van der Waals surface area contributed by atoms with E-state index in [0.29, 0.717) is 0 Å². The van der Waals surface area contributed by atoms with Crippen molar-refractivity contribution < 1.29 is 267 Å². The number of carbonyl (C=O) groups excluding carboxylic acids is 16. The molecule has 0 aromatic heterocycles. The Morgan fingerprint density at radius 1 is 0.415 bits per heavy atom. The SMILES string of the molecule is C=CC(=O)OCC(=O)OC1(C)C2(C)CC3C(O2)C1(C)OS3(=O)=O.C=CC(=O)OCC(=O)OC1C2CC3(C(=O)OC)C(O2)C1OS3(=O)=O.C=CC(=O)OCC(=O)OC1C2OC3C1OS(=O)(=O)C3C2C#N.C=CC(=O)OCC(=O)OC1C2OS(=O)(=O)C3C2OC1C3C(=O)OC.C=CC(=O)OCC(=O)OC1C2OS(=O)(=O)C3CC1(CO)OC23CO.C=CC(=O)OCC(=O)OC1C2OS(=O)(=O)C3CC1(COC(C)=O)OC23COC(C)=O. The molecule has 59 nitrogen and oxygen atoms in total. The Morgan fingerprint density at radius 3 is 1.29 bits per heavy atom. The lowest BCUT2D eigenvalue weighted by Crippen LogP contribution is -2.64. The number of fused-ring (bicyclic) bond motifs is 6. The first-order valence-electron chi connectivity index (χ1n) is 43.2. The van der Waals surface area contributed by atoms with Gasteiger partial charge in [0, 0.05) is 76.0 Å². The molecule has 12 bridgehead atoms. The van der Waals surface area contributed by atoms with Crippen molar-refractivity contribution in [3.63, 3.8) is 0 Å². The third-order valence-corrected chi connectivity index (χ3v) is 37.8. The van der Waals surface area contributed by atoms with E-state index in [9.17, 15) is 137 Å². The molecule has 18 heterocycles. The molecule has 0 aromatic carbocycles. The topological polar surface area (TPSA) is 801 Å². The van der Waals surface area contributed by atoms with Gasteiger partial charge in [0.05, 0.1) is 39.4 Å². The monoisotopic (exact) mass is 2210 g/mol. The Morgan fingerprint density at radius 2 is 0.830 bits per heavy atom. The first-order chi connectivity index (χ1) is 68.6. The van der Waals surface area contributed by atoms with Crippen molar-refractivity contribution in [2.75, 3.05) is 80.3 Å². The van der Waals surface area contributed by atoms with Crippen LogP contribution in [0.5, 0.6) is 0 Å². The van der Waals surface area contributed by atoms with Gasteiger partial charge in [0.25, 0.3) is 60.7 Å². The largest absolute Gasteiger partial charge is 0.469 e. The second-order valence-corrected chi connectivity index (χ2v) is 45.9. The summed E-state index contributed by atoms with van der Waals surface area (Å²) in [6, 6.07) is 1.87. The average Bonchev–Trinajstić information content (AvgIpc) is 1.49. The number of nitriles is 1. The zero-order valence-corrected chi connectivity index (χ0v) is 82.5. The fourth-order valence-electron chi connectivity index (χ4n) is 20.8. The van der Waals surface area contributed by atoms with Gasteiger partial charge < -0.3 is 114 Å². The molecule has 0 spiro atoms. The van der Waals surface area contributed by atoms with E-state index < -0.39 is 408 Å². The van der Waals surface area contributed by atoms with Crippen LogP contribution in [-0.2, 0) is 267 Å². The molecule has 0 amide bonds. The maximum atomic E-state index is 12.5. The fraction of sp³-hybridized carbons (Fsp3) is 0.646. The number of hydrogen-bond donors (Lipinski definition) is 2. The summed E-state index contributed by atoms with van der Waals surface area (Å²) in [5.41, 5.74) is -9.94. The Kier molecular flexibility index (Phi) is 31.6. The molecular weight excluding hydrogens is 2120 g/mol. The second kappa shape index (κ2) is 41.2. The Labute approximate surface area is 832 Å². The molecule has 0 aromatic rings. The second-order valence-electron chi connectivity index (χ2n) is 35.3. The van der Waals surface area contributed by atoms with Crippen molar-refractivity contribution in [1.29, 1.82) is 5.26 Å². The van der Waals surface area contributed by atoms with Gasteiger partial charge in [-0.25, -0.2) is 57.5 Å². The molecule has 18 saturated heterocycles. The number of carbonyl (C=O) groups is 16. The van der Waals surface area contributed by atoms with Crippen LogP contribution < -0.4 is 0 Å². The van der Waals surface area contributed by atoms with Crippen LogP contribution in [0.4, 0.5) is 0 Å². The number of methoxy groups -OCH3 is 2. The van der Waals surface area contributed by atoms with Gasteiger partial charge in [0.15, 0.2) is 93.1 Å². The van der Waals surface area contributed by atoms with Crippen LogP contribution in [-0.4, -0.2) is 410 Å². The first-order valence-corrected chi connectivity index (χ1v) is 52.0. The zero-order chi connectivity index (χ0) is 109. The van der Waals surface area contributed by atoms with Crippen LogP contribution in [0.15, 0.2) is 75.9 Å². The highest BCUT2D eigenvalue weighted by Gasteiger charge is 2.87. The van der Waals surface area contributed by atoms with Gasteiger partial charge in [-0.1, -0.05) is 39.5 Å². The predicted octanol–water partition coefficient (Wildman–Crippen LogP) is -8.17. The molecule has 32 atom stereocenters. The predicted molar refractivity (Wildman–Crippen MR) is 455 cm³/mol. The van der Waals surface area contributed by atoms with E-state index in [1.54, 1.807) is 20.8 Å². The van der Waals surface area contributed by atoms with Crippen molar-refractivity contribution in [2.24, 2.45) is 11.8 Å². The molecule has 18 aliphatic rings. The minimum Gasteiger partial charge on any atom is -0.469 e. The number of rotatable bonds is 32. The van der Waals surface area contributed by atoms with Gasteiger partial charge in [-0.15, -0.1) is 0 Å². The molecule has 0 saturated carbocycles. The summed E-state index contributed by atoms with van der Waals surface area (Å²) < 4.78 is 286. The van der Waals surface area contributed by atoms with Crippen LogP contribution >= 0.6 is 0 Å². The van der Waals surface area contributed by atoms with Crippen molar-refractivity contribution >= 4 is 156 Å². The van der Waals surface area contributed by atoms with Crippen LogP contribution in [0.3, 0.4) is 0 Å². The summed E-state index contributed by atoms with van der Waals surface area (Å²) in [6.07, 6.45) is -13.1. The number of nitrogens with zero attached hydrogens (tertiary/aromatic N) is 1. The van der Waals surface area contributed by atoms with Crippen LogP contribution in [0.2, 0.25) is 0 Å². The first kappa shape index (κ1) is 113. The van der Waals surface area contributed by atoms with Gasteiger partial charge in [0.1, 0.15) is 135 Å². The van der Waals surface area contributed by atoms with Crippen molar-refractivity contribution in [3.05, 3.63) is 75.9 Å². The summed E-state index contributed by atoms with van der Waals surface area (Å²) in [6.45, 7) is 19.9. The minimum atomic E-state index is -4.29. The molecular formula is C82H93NO58S6. The summed E-state index contributed by atoms with van der Waals surface area (Å²) in [5.74, 6) is -15.6. The molecule has 18 rings (SSSR count). The standard InChI is InChI=1S/C17H20O12S.C14H18O8S.2C13H14O10S.C13H16O10S.C12H11NO8S/c1-4-12(20)24-6-13(21)27-14-15-17(8-26-10(3)19)11(30(22,23)28-15)5-16(14,29-17)7-25-9(2)18;1-5-9(15)19-7-10(16)20-14(4)12(2)6-8-11(21-12)13(14,3)22-23(8,17)18;1-3-7(14)20-5-8(15)22-9-6-4-13(12(16)19-2)11(21-6)10(9)23-24(13,17)18;1-3-5(14)20-4-6(15)21-9-8-7(13(16)19-2)12-11(22-8)10(9)23-24(12,17)18;1-2-8(16)20-4-9(17)21-10-11-13(6-15)7(24(18,19)22-11)3-12(10,5-14)23-13;1-2-6(14)18-4-7(15)19-9-8-5(3-13)12-11(20-8)10(9)21-22(12,16)17/h4,11,14-15H,1,5-8H2,2-3H3;5,8,11H,1,6-7H2,2-4H3;3,6,9-11H,1,4-5H2,2H3;3,7-12H,1,4H2,2H3;2,7,10-11,14-15H,1,3-6H2;2,5,8-12H,1,4H2. The number of hydrogen-bond acceptors (Lipinski definition) is 59. The molecule has 18 aliphatic heterocycles. The van der Waals surface area contributed by atoms with Crippen LogP contribution in [0, 0.1) is 23.2 Å². The fourth-order valence-corrected chi connectivity index (χ4v) is 32.0. The maximum absolute atomic E-state index is 12.5. The highest BCUT2D eigenvalue weighted by atomic mass is 32.2. The molecule has 2 N–H and O–H groups in total. The highest BCUT2D eigenvalue weighted by molar-refractivity contribution is 7.89. The van der Waals surface area contributed by atoms with Crippen LogP contribution in [0.25, 0.3) is 0 Å². The lowest BCUT2D eigenvalue weighted by Gasteiger charge is -2.45. The van der Waals surface area contributed by atoms with Gasteiger partial charge in [-0.05, 0) is 20.8 Å². The molecule has 18 fully saturated rings. The van der Waals surface area contributed by atoms with E-state index >= 15 is 0 Å². The third kappa shape index (κ3) is 19.7. The van der Waals surface area contributed by atoms with Crippen molar-refractivity contribution in [2.45, 2.75) is 234 Å². The van der Waals surface area contributed by atoms with E-state index in [4.69, 9.17) is 96.7 Å². The zero-order valence-electron chi connectivity index (χ0n) is 77.6. The maximum Gasteiger partial charge on any atom is 0.345 e. The summed E-state index contributed by atoms with van der Waals surface area (Å²) in [4.78, 5) is 184. The smallest absolute Gasteiger partial charge is 0.345 e. The van der Waals surface area contributed by atoms with Crippen LogP contribution in [0.1, 0.15) is 60.3 Å². The van der Waals surface area contributed by atoms with Gasteiger partial charge in [0.2, 0.25) is 4.75 Å². The number of esters is 16. The quantitative estimate of drug-likeness (QED) is 0.0273. The Bertz CT molecular complexity index is 6290. The molecule has 0 aliphatic carbocycles. The molecule has 810 valence electrons. The van der Waals surface area contributed by atoms with Gasteiger partial charge in [-0.3, -0.25) is 44.3 Å². The summed E-state index contributed by atoms with van der Waals surface area (Å²) in [5, 5.41) is 23.1. The minimum absolute atomic E-state index is 0.172. The Balaban J connectivity index is 0.000000148. The van der Waals surface area contributed by atoms with E-state index in [0.717, 1.165) is 64.5 Å². The molecule has 0 radical (unpaired) electrons. The number of ether oxygens (including phenoxy) is 22. The lowest BCUT2D eigenvalue weighted by atomic mass is 9.67. The highest BCUT2D eigenvalue weighted by Crippen LogP contribution is 2.66. The third-order valence-electron chi connectivity index (χ3n) is 27.2. The number of aliphatic hydroxyl groups excluding tert-OH is 2. The normalized spacial score (nSPS) is 39.3. The summed E-state index contributed by atoms with van der Waals surface area (Å²) in [7, 11) is -22.1. The summed E-state index contributed by atoms with van der Waals surface area (Å²) >= 11 is 0. The average molecular weight is 2210 g/mol. The molecule has 147 heavy (non-hydrogen) atoms. The van der Waals surface area contributed by atoms with Gasteiger partial charge >= 0.3 is 95.5 Å². The van der Waals surface area contributed by atoms with E-state index in [1.165, 1.54) is 0 Å². The van der Waals surface area contributed by atoms with Gasteiger partial charge in [-0.2, -0.15) is 55.8 Å². The van der Waals surface area contributed by atoms with E-state index in [1.807, 2.05) is 6.07 Å².